The number of benzene rings is 2. The molecule has 0 fully saturated rings. The lowest BCUT2D eigenvalue weighted by Crippen LogP contribution is -2.32. The van der Waals surface area contributed by atoms with Crippen molar-refractivity contribution in [2.24, 2.45) is 7.05 Å². The molecular formula is C21H21N3O2. The third kappa shape index (κ3) is 3.72. The van der Waals surface area contributed by atoms with E-state index in [0.717, 1.165) is 21.4 Å². The molecule has 0 spiro atoms. The number of rotatable bonds is 4. The highest BCUT2D eigenvalue weighted by Crippen LogP contribution is 2.24. The topological polar surface area (TPSA) is 64.0 Å². The van der Waals surface area contributed by atoms with Gasteiger partial charge in [0.2, 0.25) is 0 Å². The summed E-state index contributed by atoms with van der Waals surface area (Å²) in [6.45, 7) is 4.11. The Bertz CT molecular complexity index is 994. The summed E-state index contributed by atoms with van der Waals surface area (Å²) < 4.78 is 1.16. The van der Waals surface area contributed by atoms with Crippen molar-refractivity contribution >= 4 is 5.91 Å². The minimum Gasteiger partial charge on any atom is -0.340 e. The van der Waals surface area contributed by atoms with Crippen LogP contribution in [0.1, 0.15) is 38.8 Å². The van der Waals surface area contributed by atoms with E-state index < -0.39 is 0 Å². The van der Waals surface area contributed by atoms with Crippen molar-refractivity contribution in [3.8, 4) is 0 Å². The lowest BCUT2D eigenvalue weighted by Gasteiger charge is -2.20. The molecule has 0 saturated heterocycles. The van der Waals surface area contributed by atoms with Gasteiger partial charge < -0.3 is 5.32 Å². The first kappa shape index (κ1) is 17.6. The van der Waals surface area contributed by atoms with Crippen molar-refractivity contribution in [3.05, 3.63) is 99.0 Å². The number of nitrogens with one attached hydrogen (secondary N) is 1. The van der Waals surface area contributed by atoms with E-state index >= 15 is 0 Å². The minimum absolute atomic E-state index is 0.205. The second-order valence-corrected chi connectivity index (χ2v) is 6.34. The Morgan fingerprint density at radius 3 is 2.35 bits per heavy atom. The molecule has 0 radical (unpaired) electrons. The maximum atomic E-state index is 12.7. The molecule has 2 aromatic carbocycles. The molecule has 26 heavy (non-hydrogen) atoms. The number of aromatic nitrogens is 2. The first-order valence-electron chi connectivity index (χ1n) is 8.43. The number of hydrogen-bond acceptors (Lipinski definition) is 3. The van der Waals surface area contributed by atoms with E-state index in [-0.39, 0.29) is 23.2 Å². The molecule has 1 aromatic heterocycles. The molecule has 0 aliphatic heterocycles. The highest BCUT2D eigenvalue weighted by molar-refractivity contribution is 5.92. The highest BCUT2D eigenvalue weighted by atomic mass is 16.2. The van der Waals surface area contributed by atoms with Gasteiger partial charge in [0.05, 0.1) is 6.04 Å². The van der Waals surface area contributed by atoms with Crippen LogP contribution in [0.15, 0.2) is 65.5 Å². The molecule has 0 saturated carbocycles. The third-order valence-corrected chi connectivity index (χ3v) is 4.47. The van der Waals surface area contributed by atoms with E-state index in [1.807, 2.05) is 36.4 Å². The normalized spacial score (nSPS) is 11.8. The van der Waals surface area contributed by atoms with Crippen LogP contribution in [0.4, 0.5) is 0 Å². The molecule has 0 aliphatic rings. The van der Waals surface area contributed by atoms with Crippen LogP contribution in [0.3, 0.4) is 0 Å². The molecule has 0 aliphatic carbocycles. The summed E-state index contributed by atoms with van der Waals surface area (Å²) >= 11 is 0. The lowest BCUT2D eigenvalue weighted by atomic mass is 9.95. The van der Waals surface area contributed by atoms with Gasteiger partial charge in [0.25, 0.3) is 11.5 Å². The molecule has 3 aromatic rings. The zero-order valence-corrected chi connectivity index (χ0v) is 15.1. The Hall–Kier alpha value is -3.21. The van der Waals surface area contributed by atoms with Crippen molar-refractivity contribution in [1.29, 1.82) is 0 Å². The Kier molecular flexibility index (Phi) is 4.98. The van der Waals surface area contributed by atoms with Gasteiger partial charge in [-0.1, -0.05) is 48.5 Å². The molecule has 0 unspecified atom stereocenters. The van der Waals surface area contributed by atoms with Gasteiger partial charge in [0.15, 0.2) is 0 Å². The van der Waals surface area contributed by atoms with Gasteiger partial charge in [-0.2, -0.15) is 5.10 Å². The van der Waals surface area contributed by atoms with Gasteiger partial charge in [-0.05, 0) is 42.2 Å². The molecule has 0 bridgehead atoms. The second kappa shape index (κ2) is 7.35. The number of amides is 1. The number of aryl methyl sites for hydroxylation is 3. The van der Waals surface area contributed by atoms with Gasteiger partial charge in [-0.15, -0.1) is 0 Å². The summed E-state index contributed by atoms with van der Waals surface area (Å²) in [5.74, 6) is -0.326. The van der Waals surface area contributed by atoms with Gasteiger partial charge >= 0.3 is 0 Å². The van der Waals surface area contributed by atoms with E-state index in [1.54, 1.807) is 0 Å². The van der Waals surface area contributed by atoms with Crippen LogP contribution in [-0.2, 0) is 7.05 Å². The van der Waals surface area contributed by atoms with Crippen LogP contribution in [0.25, 0.3) is 0 Å². The first-order chi connectivity index (χ1) is 12.5. The maximum Gasteiger partial charge on any atom is 0.272 e. The Balaban J connectivity index is 1.98. The van der Waals surface area contributed by atoms with Crippen LogP contribution < -0.4 is 10.9 Å². The summed E-state index contributed by atoms with van der Waals surface area (Å²) in [7, 11) is 1.52. The summed E-state index contributed by atoms with van der Waals surface area (Å²) in [5, 5.41) is 7.08. The zero-order valence-electron chi connectivity index (χ0n) is 15.1. The quantitative estimate of drug-likeness (QED) is 0.789. The van der Waals surface area contributed by atoms with Crippen molar-refractivity contribution in [2.75, 3.05) is 0 Å². The Morgan fingerprint density at radius 1 is 0.962 bits per heavy atom. The largest absolute Gasteiger partial charge is 0.340 e. The standard InChI is InChI=1S/C21H21N3O2/c1-14-9-10-17(13-15(14)2)20(16-7-5-4-6-8-16)22-21(26)18-11-12-19(25)24(3)23-18/h4-13,20H,1-3H3,(H,22,26)/t20-/m1/s1. The van der Waals surface area contributed by atoms with Crippen molar-refractivity contribution < 1.29 is 4.79 Å². The summed E-state index contributed by atoms with van der Waals surface area (Å²) in [6, 6.07) is 18.4. The van der Waals surface area contributed by atoms with Crippen LogP contribution >= 0.6 is 0 Å². The number of hydrogen-bond donors (Lipinski definition) is 1. The van der Waals surface area contributed by atoms with Gasteiger partial charge in [-0.3, -0.25) is 9.59 Å². The predicted molar refractivity (Wildman–Crippen MR) is 101 cm³/mol. The molecule has 1 heterocycles. The lowest BCUT2D eigenvalue weighted by molar-refractivity contribution is 0.0935. The van der Waals surface area contributed by atoms with Crippen LogP contribution in [-0.4, -0.2) is 15.7 Å². The molecule has 1 amide bonds. The summed E-state index contributed by atoms with van der Waals surface area (Å²) in [4.78, 5) is 24.2. The fourth-order valence-corrected chi connectivity index (χ4v) is 2.78. The smallest absolute Gasteiger partial charge is 0.272 e. The van der Waals surface area contributed by atoms with Gasteiger partial charge in [0, 0.05) is 13.1 Å². The summed E-state index contributed by atoms with van der Waals surface area (Å²) in [6.07, 6.45) is 0. The maximum absolute atomic E-state index is 12.7. The molecule has 1 N–H and O–H groups in total. The van der Waals surface area contributed by atoms with Crippen LogP contribution in [0.2, 0.25) is 0 Å². The molecule has 3 rings (SSSR count). The van der Waals surface area contributed by atoms with Crippen molar-refractivity contribution in [1.82, 2.24) is 15.1 Å². The number of nitrogens with zero attached hydrogens (tertiary/aromatic N) is 2. The van der Waals surface area contributed by atoms with Crippen LogP contribution in [0, 0.1) is 13.8 Å². The SMILES string of the molecule is Cc1ccc([C@H](NC(=O)c2ccc(=O)n(C)n2)c2ccccc2)cc1C. The Morgan fingerprint density at radius 2 is 1.69 bits per heavy atom. The molecular weight excluding hydrogens is 326 g/mol. The fourth-order valence-electron chi connectivity index (χ4n) is 2.78. The van der Waals surface area contributed by atoms with E-state index in [0.29, 0.717) is 0 Å². The molecule has 1 atom stereocenters. The predicted octanol–water partition coefficient (Wildman–Crippen LogP) is 2.92. The van der Waals surface area contributed by atoms with Crippen LogP contribution in [0.5, 0.6) is 0 Å². The van der Waals surface area contributed by atoms with Crippen molar-refractivity contribution in [2.45, 2.75) is 19.9 Å². The van der Waals surface area contributed by atoms with E-state index in [4.69, 9.17) is 0 Å². The number of carbonyl (C=O) groups is 1. The van der Waals surface area contributed by atoms with E-state index in [2.05, 4.69) is 36.4 Å². The zero-order chi connectivity index (χ0) is 18.7. The highest BCUT2D eigenvalue weighted by Gasteiger charge is 2.19. The van der Waals surface area contributed by atoms with E-state index in [9.17, 15) is 9.59 Å². The molecule has 5 heteroatoms. The number of carbonyl (C=O) groups excluding carboxylic acids is 1. The Labute approximate surface area is 152 Å². The summed E-state index contributed by atoms with van der Waals surface area (Å²) in [5.41, 5.74) is 4.29. The molecule has 132 valence electrons. The third-order valence-electron chi connectivity index (χ3n) is 4.47. The molecule has 5 nitrogen and oxygen atoms in total. The van der Waals surface area contributed by atoms with Crippen molar-refractivity contribution in [3.63, 3.8) is 0 Å². The minimum atomic E-state index is -0.326. The monoisotopic (exact) mass is 347 g/mol. The second-order valence-electron chi connectivity index (χ2n) is 6.34. The average molecular weight is 347 g/mol. The fraction of sp³-hybridized carbons (Fsp3) is 0.190. The van der Waals surface area contributed by atoms with Gasteiger partial charge in [-0.25, -0.2) is 4.68 Å². The van der Waals surface area contributed by atoms with Gasteiger partial charge in [0.1, 0.15) is 5.69 Å². The average Bonchev–Trinajstić information content (AvgIpc) is 2.65. The first-order valence-corrected chi connectivity index (χ1v) is 8.43. The van der Waals surface area contributed by atoms with E-state index in [1.165, 1.54) is 24.7 Å².